The van der Waals surface area contributed by atoms with Crippen molar-refractivity contribution in [3.63, 3.8) is 0 Å². The largest absolute Gasteiger partial charge is 0.491 e. The number of piperidine rings is 1. The van der Waals surface area contributed by atoms with E-state index in [0.29, 0.717) is 47.8 Å². The number of fused-ring (bicyclic) bond motifs is 1. The number of aromatic nitrogens is 1. The molecule has 3 aromatic rings. The topological polar surface area (TPSA) is 72.0 Å². The second-order valence-corrected chi connectivity index (χ2v) is 12.5. The van der Waals surface area contributed by atoms with Crippen LogP contribution in [0.1, 0.15) is 88.7 Å². The number of ether oxygens (including phenoxy) is 2. The first-order chi connectivity index (χ1) is 21.1. The first kappa shape index (κ1) is 30.2. The maximum atomic E-state index is 14.2. The number of halogens is 2. The highest BCUT2D eigenvalue weighted by Crippen LogP contribution is 2.47. The molecule has 0 radical (unpaired) electrons. The fraction of sp³-hybridized carbons (Fsp3) is 0.457. The van der Waals surface area contributed by atoms with Gasteiger partial charge in [-0.3, -0.25) is 14.7 Å². The molecule has 0 unspecified atom stereocenters. The molecule has 1 saturated heterocycles. The van der Waals surface area contributed by atoms with E-state index in [2.05, 4.69) is 16.0 Å². The summed E-state index contributed by atoms with van der Waals surface area (Å²) in [4.78, 5) is 34.7. The molecule has 6 rings (SSSR count). The van der Waals surface area contributed by atoms with Crippen molar-refractivity contribution in [3.8, 4) is 16.9 Å². The standard InChI is InChI=1S/C35H39F2N3O4/c1-20(2)44-33-18-28(23-7-8-30(36)31(37)16-23)27(22-5-6-22)15-24(33)19-39-12-9-25(10-13-39)40-14-11-32-29(34(40)41)17-26(21(3)38-32)35(42)43-4/h7-8,15-18,20,22,25H,5-6,9-14,19H2,1-4H3. The van der Waals surface area contributed by atoms with Gasteiger partial charge in [-0.2, -0.15) is 0 Å². The molecule has 2 fully saturated rings. The van der Waals surface area contributed by atoms with Gasteiger partial charge in [0.25, 0.3) is 5.91 Å². The number of hydrogen-bond donors (Lipinski definition) is 0. The van der Waals surface area contributed by atoms with Gasteiger partial charge in [0.15, 0.2) is 11.6 Å². The Hall–Kier alpha value is -3.85. The Balaban J connectivity index is 1.19. The summed E-state index contributed by atoms with van der Waals surface area (Å²) in [5.41, 5.74) is 5.94. The third-order valence-electron chi connectivity index (χ3n) is 9.01. The molecule has 3 heterocycles. The molecule has 0 spiro atoms. The number of hydrogen-bond acceptors (Lipinski definition) is 6. The maximum Gasteiger partial charge on any atom is 0.339 e. The van der Waals surface area contributed by atoms with Crippen LogP contribution in [-0.4, -0.2) is 65.6 Å². The molecule has 232 valence electrons. The number of carbonyl (C=O) groups excluding carboxylic acids is 2. The van der Waals surface area contributed by atoms with Crippen LogP contribution in [0.5, 0.6) is 5.75 Å². The molecular weight excluding hydrogens is 564 g/mol. The number of benzene rings is 2. The number of nitrogens with zero attached hydrogens (tertiary/aromatic N) is 3. The van der Waals surface area contributed by atoms with Gasteiger partial charge in [-0.25, -0.2) is 13.6 Å². The zero-order valence-corrected chi connectivity index (χ0v) is 25.8. The summed E-state index contributed by atoms with van der Waals surface area (Å²) in [6.07, 6.45) is 4.45. The number of likely N-dealkylation sites (tertiary alicyclic amines) is 1. The van der Waals surface area contributed by atoms with Crippen molar-refractivity contribution in [2.45, 2.75) is 77.5 Å². The number of aryl methyl sites for hydroxylation is 1. The van der Waals surface area contributed by atoms with Crippen molar-refractivity contribution >= 4 is 11.9 Å². The second-order valence-electron chi connectivity index (χ2n) is 12.5. The molecule has 0 atom stereocenters. The van der Waals surface area contributed by atoms with Crippen LogP contribution in [0.15, 0.2) is 36.4 Å². The first-order valence-electron chi connectivity index (χ1n) is 15.5. The highest BCUT2D eigenvalue weighted by molar-refractivity contribution is 6.00. The zero-order chi connectivity index (χ0) is 31.1. The van der Waals surface area contributed by atoms with Gasteiger partial charge < -0.3 is 14.4 Å². The lowest BCUT2D eigenvalue weighted by Gasteiger charge is -2.40. The molecule has 0 N–H and O–H groups in total. The van der Waals surface area contributed by atoms with Crippen molar-refractivity contribution < 1.29 is 27.8 Å². The van der Waals surface area contributed by atoms with E-state index in [1.165, 1.54) is 19.2 Å². The van der Waals surface area contributed by atoms with Gasteiger partial charge in [0, 0.05) is 44.2 Å². The predicted octanol–water partition coefficient (Wildman–Crippen LogP) is 6.45. The maximum absolute atomic E-state index is 14.2. The number of methoxy groups -OCH3 is 1. The van der Waals surface area contributed by atoms with E-state index in [-0.39, 0.29) is 18.1 Å². The zero-order valence-electron chi connectivity index (χ0n) is 25.8. The van der Waals surface area contributed by atoms with Gasteiger partial charge in [0.1, 0.15) is 5.75 Å². The highest BCUT2D eigenvalue weighted by atomic mass is 19.2. The normalized spacial score (nSPS) is 17.6. The van der Waals surface area contributed by atoms with E-state index in [1.54, 1.807) is 19.1 Å². The van der Waals surface area contributed by atoms with Crippen LogP contribution in [0, 0.1) is 18.6 Å². The van der Waals surface area contributed by atoms with E-state index in [0.717, 1.165) is 66.9 Å². The van der Waals surface area contributed by atoms with Crippen molar-refractivity contribution in [1.82, 2.24) is 14.8 Å². The van der Waals surface area contributed by atoms with Crippen LogP contribution in [0.25, 0.3) is 11.1 Å². The van der Waals surface area contributed by atoms with Gasteiger partial charge in [0.2, 0.25) is 0 Å². The van der Waals surface area contributed by atoms with Gasteiger partial charge in [-0.1, -0.05) is 6.07 Å². The molecule has 1 aromatic heterocycles. The Labute approximate surface area is 257 Å². The predicted molar refractivity (Wildman–Crippen MR) is 163 cm³/mol. The average Bonchev–Trinajstić information content (AvgIpc) is 3.85. The summed E-state index contributed by atoms with van der Waals surface area (Å²) in [5, 5.41) is 0. The van der Waals surface area contributed by atoms with Crippen LogP contribution >= 0.6 is 0 Å². The number of pyridine rings is 1. The monoisotopic (exact) mass is 603 g/mol. The minimum absolute atomic E-state index is 0.0463. The van der Waals surface area contributed by atoms with Crippen LogP contribution in [0.2, 0.25) is 0 Å². The summed E-state index contributed by atoms with van der Waals surface area (Å²) in [5.74, 6) is -1.10. The molecule has 2 aliphatic heterocycles. The second kappa shape index (κ2) is 12.3. The fourth-order valence-corrected chi connectivity index (χ4v) is 6.59. The summed E-state index contributed by atoms with van der Waals surface area (Å²) in [6.45, 7) is 8.70. The van der Waals surface area contributed by atoms with E-state index in [1.807, 2.05) is 24.8 Å². The third kappa shape index (κ3) is 6.07. The molecule has 1 saturated carbocycles. The van der Waals surface area contributed by atoms with Gasteiger partial charge in [-0.05, 0) is 99.4 Å². The smallest absolute Gasteiger partial charge is 0.339 e. The van der Waals surface area contributed by atoms with Gasteiger partial charge in [-0.15, -0.1) is 0 Å². The Morgan fingerprint density at radius 1 is 1.00 bits per heavy atom. The Kier molecular flexibility index (Phi) is 8.42. The minimum atomic E-state index is -0.853. The van der Waals surface area contributed by atoms with E-state index in [9.17, 15) is 18.4 Å². The molecule has 2 aromatic carbocycles. The van der Waals surface area contributed by atoms with Crippen molar-refractivity contribution in [2.75, 3.05) is 26.7 Å². The van der Waals surface area contributed by atoms with E-state index >= 15 is 0 Å². The lowest BCUT2D eigenvalue weighted by atomic mass is 9.93. The first-order valence-corrected chi connectivity index (χ1v) is 15.5. The average molecular weight is 604 g/mol. The minimum Gasteiger partial charge on any atom is -0.491 e. The van der Waals surface area contributed by atoms with Crippen LogP contribution < -0.4 is 4.74 Å². The number of amides is 1. The lowest BCUT2D eigenvalue weighted by Crippen LogP contribution is -2.50. The summed E-state index contributed by atoms with van der Waals surface area (Å²) >= 11 is 0. The Bertz CT molecular complexity index is 1600. The number of esters is 1. The van der Waals surface area contributed by atoms with Crippen molar-refractivity contribution in [3.05, 3.63) is 81.7 Å². The molecule has 0 bridgehead atoms. The van der Waals surface area contributed by atoms with Crippen LogP contribution in [-0.2, 0) is 17.7 Å². The van der Waals surface area contributed by atoms with Gasteiger partial charge in [0.05, 0.1) is 35.7 Å². The van der Waals surface area contributed by atoms with E-state index < -0.39 is 17.6 Å². The highest BCUT2D eigenvalue weighted by Gasteiger charge is 2.35. The SMILES string of the molecule is COC(=O)c1cc2c(nc1C)CCN(C1CCN(Cc3cc(C4CC4)c(-c4ccc(F)c(F)c4)cc3OC(C)C)CC1)C2=O. The van der Waals surface area contributed by atoms with Crippen molar-refractivity contribution in [2.24, 2.45) is 0 Å². The van der Waals surface area contributed by atoms with E-state index in [4.69, 9.17) is 9.47 Å². The van der Waals surface area contributed by atoms with Gasteiger partial charge >= 0.3 is 5.97 Å². The molecular formula is C35H39F2N3O4. The summed E-state index contributed by atoms with van der Waals surface area (Å²) in [6, 6.07) is 10.1. The molecule has 9 heteroatoms. The third-order valence-corrected chi connectivity index (χ3v) is 9.01. The summed E-state index contributed by atoms with van der Waals surface area (Å²) in [7, 11) is 1.33. The van der Waals surface area contributed by atoms with Crippen LogP contribution in [0.4, 0.5) is 8.78 Å². The molecule has 3 aliphatic rings. The quantitative estimate of drug-likeness (QED) is 0.276. The molecule has 44 heavy (non-hydrogen) atoms. The molecule has 7 nitrogen and oxygen atoms in total. The summed E-state index contributed by atoms with van der Waals surface area (Å²) < 4.78 is 39.1. The molecule has 1 amide bonds. The lowest BCUT2D eigenvalue weighted by molar-refractivity contribution is 0.0542. The van der Waals surface area contributed by atoms with Crippen molar-refractivity contribution in [1.29, 1.82) is 0 Å². The number of rotatable bonds is 8. The molecule has 1 aliphatic carbocycles. The Morgan fingerprint density at radius 2 is 1.75 bits per heavy atom. The fourth-order valence-electron chi connectivity index (χ4n) is 6.59. The van der Waals surface area contributed by atoms with Crippen LogP contribution in [0.3, 0.4) is 0 Å². The Morgan fingerprint density at radius 3 is 2.41 bits per heavy atom. The number of carbonyl (C=O) groups is 2.